The molecule has 0 aromatic heterocycles. The van der Waals surface area contributed by atoms with Crippen LogP contribution in [0.1, 0.15) is 68.8 Å². The van der Waals surface area contributed by atoms with Crippen molar-refractivity contribution >= 4 is 17.3 Å². The zero-order valence-electron chi connectivity index (χ0n) is 21.1. The minimum absolute atomic E-state index is 0.0487. The summed E-state index contributed by atoms with van der Waals surface area (Å²) in [5, 5.41) is 44.0. The maximum Gasteiger partial charge on any atom is 0.202 e. The fraction of sp³-hybridized carbons (Fsp3) is 0.444. The first kappa shape index (κ1) is 27.2. The Labute approximate surface area is 221 Å². The number of ether oxygens (including phenoxy) is 3. The van der Waals surface area contributed by atoms with E-state index in [0.717, 1.165) is 6.92 Å². The number of methoxy groups -OCH3 is 1. The van der Waals surface area contributed by atoms with Gasteiger partial charge in [0.1, 0.15) is 35.6 Å². The van der Waals surface area contributed by atoms with Gasteiger partial charge in [-0.2, -0.15) is 0 Å². The van der Waals surface area contributed by atoms with Gasteiger partial charge >= 0.3 is 0 Å². The first-order valence-electron chi connectivity index (χ1n) is 12.3. The number of aliphatic hydroxyl groups excluding tert-OH is 1. The fourth-order valence-corrected chi connectivity index (χ4v) is 5.67. The number of carbonyl (C=O) groups is 3. The van der Waals surface area contributed by atoms with Crippen molar-refractivity contribution < 1.29 is 53.4 Å². The van der Waals surface area contributed by atoms with Crippen molar-refractivity contribution in [3.05, 3.63) is 51.6 Å². The number of alkyl halides is 1. The Bertz CT molecular complexity index is 1390. The molecule has 2 aromatic rings. The topological polar surface area (TPSA) is 186 Å². The van der Waals surface area contributed by atoms with E-state index in [2.05, 4.69) is 0 Å². The van der Waals surface area contributed by atoms with Gasteiger partial charge in [-0.05, 0) is 13.0 Å². The van der Waals surface area contributed by atoms with Crippen LogP contribution in [0.25, 0.3) is 0 Å². The quantitative estimate of drug-likeness (QED) is 0.288. The molecule has 6 N–H and O–H groups in total. The van der Waals surface area contributed by atoms with Gasteiger partial charge in [-0.1, -0.05) is 12.1 Å². The second-order valence-corrected chi connectivity index (χ2v) is 10.1. The first-order chi connectivity index (χ1) is 18.4. The molecule has 0 bridgehead atoms. The van der Waals surface area contributed by atoms with E-state index in [4.69, 9.17) is 19.9 Å². The molecule has 0 radical (unpaired) electrons. The van der Waals surface area contributed by atoms with Gasteiger partial charge in [0.25, 0.3) is 0 Å². The van der Waals surface area contributed by atoms with Gasteiger partial charge in [-0.15, -0.1) is 0 Å². The van der Waals surface area contributed by atoms with Crippen LogP contribution in [-0.2, 0) is 20.7 Å². The van der Waals surface area contributed by atoms with E-state index in [9.17, 15) is 39.2 Å². The minimum atomic E-state index is -2.07. The number of ketones is 3. The highest BCUT2D eigenvalue weighted by Gasteiger charge is 2.49. The van der Waals surface area contributed by atoms with Crippen molar-refractivity contribution in [1.29, 1.82) is 0 Å². The average molecular weight is 546 g/mol. The number of phenols is 2. The second kappa shape index (κ2) is 9.65. The third-order valence-corrected chi connectivity index (χ3v) is 7.81. The normalized spacial score (nSPS) is 29.8. The lowest BCUT2D eigenvalue weighted by atomic mass is 9.72. The van der Waals surface area contributed by atoms with Crippen molar-refractivity contribution in [2.24, 2.45) is 5.73 Å². The number of halogens is 1. The van der Waals surface area contributed by atoms with Crippen LogP contribution in [-0.4, -0.2) is 81.7 Å². The smallest absolute Gasteiger partial charge is 0.202 e. The van der Waals surface area contributed by atoms with Gasteiger partial charge < -0.3 is 40.4 Å². The molecule has 5 rings (SSSR count). The number of rotatable bonds is 5. The Hall–Kier alpha value is -3.42. The number of aromatic hydroxyl groups is 2. The number of hydrogen-bond donors (Lipinski definition) is 5. The molecule has 1 saturated heterocycles. The zero-order chi connectivity index (χ0) is 28.4. The van der Waals surface area contributed by atoms with Crippen molar-refractivity contribution in [3.8, 4) is 17.2 Å². The van der Waals surface area contributed by atoms with Crippen LogP contribution in [0.4, 0.5) is 4.39 Å². The Morgan fingerprint density at radius 2 is 1.87 bits per heavy atom. The maximum absolute atomic E-state index is 13.6. The number of phenolic OH excluding ortho intramolecular Hbond substituents is 2. The summed E-state index contributed by atoms with van der Waals surface area (Å²) in [4.78, 5) is 39.6. The van der Waals surface area contributed by atoms with Crippen LogP contribution in [0, 0.1) is 0 Å². The van der Waals surface area contributed by atoms with E-state index in [-0.39, 0.29) is 34.4 Å². The number of hydrogen-bond acceptors (Lipinski definition) is 11. The summed E-state index contributed by atoms with van der Waals surface area (Å²) in [5.74, 6) is -3.48. The Morgan fingerprint density at radius 1 is 1.18 bits per heavy atom. The number of nitrogens with two attached hydrogens (primary N) is 1. The lowest BCUT2D eigenvalue weighted by Gasteiger charge is -2.42. The van der Waals surface area contributed by atoms with Crippen LogP contribution in [0.15, 0.2) is 18.2 Å². The summed E-state index contributed by atoms with van der Waals surface area (Å²) in [7, 11) is 1.32. The predicted octanol–water partition coefficient (Wildman–Crippen LogP) is 0.978. The van der Waals surface area contributed by atoms with Gasteiger partial charge in [0.05, 0.1) is 36.0 Å². The highest BCUT2D eigenvalue weighted by Crippen LogP contribution is 2.52. The van der Waals surface area contributed by atoms with Gasteiger partial charge in [0, 0.05) is 42.0 Å². The van der Waals surface area contributed by atoms with E-state index in [1.807, 2.05) is 0 Å². The second-order valence-electron chi connectivity index (χ2n) is 10.1. The Kier molecular flexibility index (Phi) is 6.72. The van der Waals surface area contributed by atoms with E-state index in [1.165, 1.54) is 25.3 Å². The first-order valence-corrected chi connectivity index (χ1v) is 12.3. The van der Waals surface area contributed by atoms with E-state index < -0.39 is 95.7 Å². The third kappa shape index (κ3) is 4.10. The number of Topliss-reactive ketones (excluding diaryl/α,β-unsaturated/α-hetero) is 1. The predicted molar refractivity (Wildman–Crippen MR) is 131 cm³/mol. The molecule has 1 fully saturated rings. The maximum atomic E-state index is 13.6. The van der Waals surface area contributed by atoms with Gasteiger partial charge in [0.15, 0.2) is 17.9 Å². The molecule has 2 aliphatic carbocycles. The average Bonchev–Trinajstić information content (AvgIpc) is 2.90. The summed E-state index contributed by atoms with van der Waals surface area (Å²) in [6.45, 7) is 0.0713. The van der Waals surface area contributed by atoms with Gasteiger partial charge in [-0.25, -0.2) is 4.39 Å². The molecule has 1 aliphatic heterocycles. The molecule has 11 nitrogen and oxygen atoms in total. The molecular weight excluding hydrogens is 517 g/mol. The summed E-state index contributed by atoms with van der Waals surface area (Å²) in [5.41, 5.74) is 2.47. The highest BCUT2D eigenvalue weighted by atomic mass is 19.1. The van der Waals surface area contributed by atoms with Crippen LogP contribution >= 0.6 is 0 Å². The molecule has 2 aromatic carbocycles. The van der Waals surface area contributed by atoms with E-state index in [0.29, 0.717) is 0 Å². The Morgan fingerprint density at radius 3 is 2.51 bits per heavy atom. The molecule has 0 spiro atoms. The van der Waals surface area contributed by atoms with Gasteiger partial charge in [-0.3, -0.25) is 14.4 Å². The summed E-state index contributed by atoms with van der Waals surface area (Å²) >= 11 is 0. The number of aliphatic hydroxyl groups is 2. The molecule has 12 heteroatoms. The zero-order valence-corrected chi connectivity index (χ0v) is 21.1. The van der Waals surface area contributed by atoms with Crippen molar-refractivity contribution in [1.82, 2.24) is 0 Å². The number of carbonyl (C=O) groups excluding carboxylic acids is 3. The molecule has 0 saturated carbocycles. The summed E-state index contributed by atoms with van der Waals surface area (Å²) in [6.07, 6.45) is -6.18. The molecule has 3 aliphatic rings. The van der Waals surface area contributed by atoms with Crippen molar-refractivity contribution in [3.63, 3.8) is 0 Å². The lowest BCUT2D eigenvalue weighted by Crippen LogP contribution is -2.54. The standard InChI is InChI=1S/C27H28FNO10/c1-10(30)27(36)7-12-19(15(8-27)38-17-6-13(29)24(33)16(9-28)39-17)26(35)21-20(23(12)32)22(31)11-4-3-5-14(37-2)18(11)25(21)34/h3-5,13,15-17,24,32-33,35-36H,6-9,29H2,1-2H3/t13-,15+,16-,17?,24-,27+/m1/s1. The summed E-state index contributed by atoms with van der Waals surface area (Å²) < 4.78 is 30.2. The number of fused-ring (bicyclic) bond motifs is 3. The molecule has 39 heavy (non-hydrogen) atoms. The van der Waals surface area contributed by atoms with E-state index >= 15 is 0 Å². The molecule has 6 atom stereocenters. The van der Waals surface area contributed by atoms with Crippen LogP contribution < -0.4 is 10.5 Å². The highest BCUT2D eigenvalue weighted by molar-refractivity contribution is 6.31. The third-order valence-electron chi connectivity index (χ3n) is 7.81. The van der Waals surface area contributed by atoms with Gasteiger partial charge in [0.2, 0.25) is 5.78 Å². The minimum Gasteiger partial charge on any atom is -0.507 e. The van der Waals surface area contributed by atoms with Crippen molar-refractivity contribution in [2.45, 2.75) is 62.4 Å². The largest absolute Gasteiger partial charge is 0.507 e. The van der Waals surface area contributed by atoms with Crippen LogP contribution in [0.5, 0.6) is 17.2 Å². The molecule has 0 amide bonds. The SMILES string of the molecule is COc1cccc2c1C(=O)c1c(O)c3c(c(O)c1C2=O)C[C@@](O)(C(C)=O)C[C@@H]3OC1C[C@@H](N)[C@@H](O)[C@@H](CF)O1. The monoisotopic (exact) mass is 545 g/mol. The van der Waals surface area contributed by atoms with Crippen molar-refractivity contribution in [2.75, 3.05) is 13.8 Å². The van der Waals surface area contributed by atoms with Crippen LogP contribution in [0.2, 0.25) is 0 Å². The van der Waals surface area contributed by atoms with E-state index in [1.54, 1.807) is 0 Å². The molecule has 1 heterocycles. The fourth-order valence-electron chi connectivity index (χ4n) is 5.67. The molecule has 1 unspecified atom stereocenters. The lowest BCUT2D eigenvalue weighted by molar-refractivity contribution is -0.253. The number of benzene rings is 2. The molecule has 208 valence electrons. The molecular formula is C27H28FNO10. The Balaban J connectivity index is 1.67. The summed E-state index contributed by atoms with van der Waals surface area (Å²) in [6, 6.07) is 3.43. The van der Waals surface area contributed by atoms with Crippen LogP contribution in [0.3, 0.4) is 0 Å².